The summed E-state index contributed by atoms with van der Waals surface area (Å²) in [7, 11) is 0. The summed E-state index contributed by atoms with van der Waals surface area (Å²) in [5.41, 5.74) is 5.52. The van der Waals surface area contributed by atoms with Crippen LogP contribution in [0.3, 0.4) is 0 Å². The Morgan fingerprint density at radius 2 is 1.43 bits per heavy atom. The van der Waals surface area contributed by atoms with Gasteiger partial charge in [0.05, 0.1) is 0 Å². The van der Waals surface area contributed by atoms with E-state index in [4.69, 9.17) is 12.2 Å². The van der Waals surface area contributed by atoms with Gasteiger partial charge in [0.2, 0.25) is 0 Å². The molecule has 180 valence electrons. The number of piperazine rings is 1. The number of hydrogen-bond acceptors (Lipinski definition) is 4. The Morgan fingerprint density at radius 3 is 2.03 bits per heavy atom. The topological polar surface area (TPSA) is 64.7 Å². The summed E-state index contributed by atoms with van der Waals surface area (Å²) >= 11 is 5.31. The molecule has 1 aliphatic rings. The molecule has 6 nitrogen and oxygen atoms in total. The fraction of sp³-hybridized carbons (Fsp3) is 0.250. The Balaban J connectivity index is 1.27. The molecule has 2 amide bonds. The Hall–Kier alpha value is -3.71. The van der Waals surface area contributed by atoms with Gasteiger partial charge in [0.15, 0.2) is 5.11 Å². The van der Waals surface area contributed by atoms with Crippen LogP contribution in [0.25, 0.3) is 0 Å². The maximum absolute atomic E-state index is 12.8. The average Bonchev–Trinajstić information content (AvgIpc) is 2.89. The summed E-state index contributed by atoms with van der Waals surface area (Å²) < 4.78 is 0. The fourth-order valence-corrected chi connectivity index (χ4v) is 4.24. The van der Waals surface area contributed by atoms with Crippen LogP contribution in [0.4, 0.5) is 11.4 Å². The first kappa shape index (κ1) is 24.4. The van der Waals surface area contributed by atoms with Gasteiger partial charge in [0, 0.05) is 48.7 Å². The molecule has 1 fully saturated rings. The van der Waals surface area contributed by atoms with Crippen LogP contribution in [0.5, 0.6) is 0 Å². The third kappa shape index (κ3) is 6.25. The molecule has 1 aliphatic heterocycles. The van der Waals surface area contributed by atoms with Crippen LogP contribution in [-0.2, 0) is 6.42 Å². The number of aryl methyl sites for hydroxylation is 2. The quantitative estimate of drug-likeness (QED) is 0.514. The SMILES string of the molecule is CCc1ccc(C(=O)NC(=S)Nc2ccc(N3CCN(C(=O)c4ccc(C)cc4)CC3)cc2)cc1. The molecule has 7 heteroatoms. The van der Waals surface area contributed by atoms with Crippen LogP contribution in [-0.4, -0.2) is 48.0 Å². The number of hydrogen-bond donors (Lipinski definition) is 2. The smallest absolute Gasteiger partial charge is 0.257 e. The second-order valence-electron chi connectivity index (χ2n) is 8.65. The van der Waals surface area contributed by atoms with Gasteiger partial charge in [0.1, 0.15) is 0 Å². The molecule has 35 heavy (non-hydrogen) atoms. The Kier molecular flexibility index (Phi) is 7.77. The van der Waals surface area contributed by atoms with E-state index in [9.17, 15) is 9.59 Å². The molecule has 0 aromatic heterocycles. The maximum atomic E-state index is 12.8. The minimum atomic E-state index is -0.236. The third-order valence-corrected chi connectivity index (χ3v) is 6.41. The van der Waals surface area contributed by atoms with Crippen LogP contribution >= 0.6 is 12.2 Å². The summed E-state index contributed by atoms with van der Waals surface area (Å²) in [4.78, 5) is 29.3. The number of benzene rings is 3. The van der Waals surface area contributed by atoms with Gasteiger partial charge in [0.25, 0.3) is 11.8 Å². The number of amides is 2. The first-order chi connectivity index (χ1) is 16.9. The third-order valence-electron chi connectivity index (χ3n) is 6.21. The minimum absolute atomic E-state index is 0.0843. The van der Waals surface area contributed by atoms with E-state index in [1.54, 1.807) is 12.1 Å². The highest BCUT2D eigenvalue weighted by atomic mass is 32.1. The monoisotopic (exact) mass is 486 g/mol. The van der Waals surface area contributed by atoms with E-state index in [1.807, 2.05) is 72.5 Å². The summed E-state index contributed by atoms with van der Waals surface area (Å²) in [6, 6.07) is 23.2. The molecule has 0 spiro atoms. The van der Waals surface area contributed by atoms with Crippen molar-refractivity contribution in [2.45, 2.75) is 20.3 Å². The highest BCUT2D eigenvalue weighted by molar-refractivity contribution is 7.80. The zero-order valence-corrected chi connectivity index (χ0v) is 20.9. The van der Waals surface area contributed by atoms with Gasteiger partial charge in [-0.25, -0.2) is 0 Å². The highest BCUT2D eigenvalue weighted by Crippen LogP contribution is 2.20. The van der Waals surface area contributed by atoms with E-state index in [0.717, 1.165) is 42.0 Å². The van der Waals surface area contributed by atoms with E-state index >= 15 is 0 Å². The number of nitrogens with one attached hydrogen (secondary N) is 2. The van der Waals surface area contributed by atoms with E-state index < -0.39 is 0 Å². The molecule has 0 radical (unpaired) electrons. The zero-order valence-electron chi connectivity index (χ0n) is 20.1. The number of carbonyl (C=O) groups excluding carboxylic acids is 2. The predicted molar refractivity (Wildman–Crippen MR) is 145 cm³/mol. The van der Waals surface area contributed by atoms with Crippen LogP contribution in [0.15, 0.2) is 72.8 Å². The molecule has 1 saturated heterocycles. The normalized spacial score (nSPS) is 13.3. The van der Waals surface area contributed by atoms with Gasteiger partial charge in [-0.05, 0) is 79.7 Å². The summed E-state index contributed by atoms with van der Waals surface area (Å²) in [6.45, 7) is 7.01. The van der Waals surface area contributed by atoms with Crippen molar-refractivity contribution in [2.75, 3.05) is 36.4 Å². The highest BCUT2D eigenvalue weighted by Gasteiger charge is 2.22. The molecule has 0 aliphatic carbocycles. The predicted octanol–water partition coefficient (Wildman–Crippen LogP) is 4.65. The molecular weight excluding hydrogens is 456 g/mol. The molecule has 0 atom stereocenters. The van der Waals surface area contributed by atoms with Gasteiger partial charge in [-0.15, -0.1) is 0 Å². The summed E-state index contributed by atoms with van der Waals surface area (Å²) in [6.07, 6.45) is 0.930. The molecular formula is C28H30N4O2S. The molecule has 1 heterocycles. The van der Waals surface area contributed by atoms with E-state index in [2.05, 4.69) is 22.5 Å². The van der Waals surface area contributed by atoms with Crippen LogP contribution < -0.4 is 15.5 Å². The van der Waals surface area contributed by atoms with Crippen molar-refractivity contribution in [3.05, 3.63) is 95.1 Å². The molecule has 0 saturated carbocycles. The Labute approximate surface area is 211 Å². The maximum Gasteiger partial charge on any atom is 0.257 e. The van der Waals surface area contributed by atoms with Crippen molar-refractivity contribution in [1.82, 2.24) is 10.2 Å². The van der Waals surface area contributed by atoms with Gasteiger partial charge in [-0.3, -0.25) is 14.9 Å². The van der Waals surface area contributed by atoms with Crippen LogP contribution in [0.1, 0.15) is 38.8 Å². The van der Waals surface area contributed by atoms with Crippen molar-refractivity contribution in [1.29, 1.82) is 0 Å². The molecule has 4 rings (SSSR count). The number of thiocarbonyl (C=S) groups is 1. The lowest BCUT2D eigenvalue weighted by Gasteiger charge is -2.36. The number of carbonyl (C=O) groups is 2. The van der Waals surface area contributed by atoms with Crippen molar-refractivity contribution >= 4 is 40.5 Å². The van der Waals surface area contributed by atoms with E-state index in [0.29, 0.717) is 18.7 Å². The number of anilines is 2. The van der Waals surface area contributed by atoms with Crippen molar-refractivity contribution < 1.29 is 9.59 Å². The van der Waals surface area contributed by atoms with E-state index in [-0.39, 0.29) is 16.9 Å². The fourth-order valence-electron chi connectivity index (χ4n) is 4.03. The molecule has 0 bridgehead atoms. The lowest BCUT2D eigenvalue weighted by Crippen LogP contribution is -2.48. The van der Waals surface area contributed by atoms with Crippen LogP contribution in [0.2, 0.25) is 0 Å². The average molecular weight is 487 g/mol. The van der Waals surface area contributed by atoms with Crippen molar-refractivity contribution in [3.63, 3.8) is 0 Å². The molecule has 3 aromatic rings. The van der Waals surface area contributed by atoms with Gasteiger partial charge in [-0.2, -0.15) is 0 Å². The minimum Gasteiger partial charge on any atom is -0.368 e. The Morgan fingerprint density at radius 1 is 0.829 bits per heavy atom. The van der Waals surface area contributed by atoms with E-state index in [1.165, 1.54) is 5.56 Å². The molecule has 2 N–H and O–H groups in total. The molecule has 3 aromatic carbocycles. The number of nitrogens with zero attached hydrogens (tertiary/aromatic N) is 2. The van der Waals surface area contributed by atoms with Gasteiger partial charge < -0.3 is 15.1 Å². The summed E-state index contributed by atoms with van der Waals surface area (Å²) in [5.74, 6) is -0.152. The van der Waals surface area contributed by atoms with Gasteiger partial charge >= 0.3 is 0 Å². The first-order valence-electron chi connectivity index (χ1n) is 11.8. The largest absolute Gasteiger partial charge is 0.368 e. The standard InChI is InChI=1S/C28H30N4O2S/c1-3-21-6-10-22(11-7-21)26(33)30-28(35)29-24-12-14-25(15-13-24)31-16-18-32(19-17-31)27(34)23-8-4-20(2)5-9-23/h4-15H,3,16-19H2,1-2H3,(H2,29,30,33,35). The molecule has 0 unspecified atom stereocenters. The lowest BCUT2D eigenvalue weighted by molar-refractivity contribution is 0.0746. The van der Waals surface area contributed by atoms with Crippen LogP contribution in [0, 0.1) is 6.92 Å². The van der Waals surface area contributed by atoms with Gasteiger partial charge in [-0.1, -0.05) is 36.8 Å². The Bertz CT molecular complexity index is 1180. The second-order valence-corrected chi connectivity index (χ2v) is 9.06. The first-order valence-corrected chi connectivity index (χ1v) is 12.3. The number of rotatable bonds is 5. The zero-order chi connectivity index (χ0) is 24.8. The van der Waals surface area contributed by atoms with Crippen molar-refractivity contribution in [3.8, 4) is 0 Å². The second kappa shape index (κ2) is 11.1. The summed E-state index contributed by atoms with van der Waals surface area (Å²) in [5, 5.41) is 6.05. The van der Waals surface area contributed by atoms with Crippen molar-refractivity contribution in [2.24, 2.45) is 0 Å². The lowest BCUT2D eigenvalue weighted by atomic mass is 10.1.